The third kappa shape index (κ3) is 2.75. The van der Waals surface area contributed by atoms with E-state index in [2.05, 4.69) is 4.74 Å². The van der Waals surface area contributed by atoms with Gasteiger partial charge in [0.2, 0.25) is 0 Å². The van der Waals surface area contributed by atoms with Crippen LogP contribution in [0.5, 0.6) is 0 Å². The summed E-state index contributed by atoms with van der Waals surface area (Å²) in [6.45, 7) is 1.81. The van der Waals surface area contributed by atoms with Crippen molar-refractivity contribution in [3.63, 3.8) is 0 Å². The molecule has 0 unspecified atom stereocenters. The van der Waals surface area contributed by atoms with Gasteiger partial charge in [0.15, 0.2) is 0 Å². The fraction of sp³-hybridized carbons (Fsp3) is 0.133. The van der Waals surface area contributed by atoms with E-state index in [9.17, 15) is 9.59 Å². The lowest BCUT2D eigenvalue weighted by atomic mass is 10.2. The molecule has 5 heteroatoms. The number of hydrogen-bond donors (Lipinski definition) is 0. The van der Waals surface area contributed by atoms with Gasteiger partial charge in [-0.3, -0.25) is 4.79 Å². The Bertz CT molecular complexity index is 678. The molecule has 0 N–H and O–H groups in total. The largest absolute Gasteiger partial charge is 0.460 e. The Morgan fingerprint density at radius 3 is 2.55 bits per heavy atom. The number of benzene rings is 1. The molecular weight excluding hydrogens is 256 g/mol. The number of rotatable bonds is 4. The lowest BCUT2D eigenvalue weighted by Gasteiger charge is -2.02. The fourth-order valence-electron chi connectivity index (χ4n) is 1.71. The van der Waals surface area contributed by atoms with Crippen LogP contribution in [-0.4, -0.2) is 22.9 Å². The average molecular weight is 268 g/mol. The molecule has 0 aliphatic rings. The van der Waals surface area contributed by atoms with E-state index in [1.165, 1.54) is 0 Å². The lowest BCUT2D eigenvalue weighted by molar-refractivity contribution is -0.137. The fourth-order valence-corrected chi connectivity index (χ4v) is 1.71. The highest BCUT2D eigenvalue weighted by Gasteiger charge is 2.18. The van der Waals surface area contributed by atoms with Crippen LogP contribution in [0.1, 0.15) is 22.8 Å². The van der Waals surface area contributed by atoms with Crippen molar-refractivity contribution in [2.75, 3.05) is 6.61 Å². The van der Waals surface area contributed by atoms with Crippen LogP contribution in [0.4, 0.5) is 0 Å². The molecule has 20 heavy (non-hydrogen) atoms. The van der Waals surface area contributed by atoms with Gasteiger partial charge >= 0.3 is 5.97 Å². The van der Waals surface area contributed by atoms with Crippen LogP contribution in [0, 0.1) is 11.3 Å². The van der Waals surface area contributed by atoms with Crippen molar-refractivity contribution in [2.45, 2.75) is 6.92 Å². The summed E-state index contributed by atoms with van der Waals surface area (Å²) in [5, 5.41) is 8.73. The molecule has 100 valence electrons. The van der Waals surface area contributed by atoms with Crippen LogP contribution >= 0.6 is 0 Å². The molecule has 0 radical (unpaired) electrons. The molecule has 0 amide bonds. The van der Waals surface area contributed by atoms with Gasteiger partial charge in [-0.1, -0.05) is 0 Å². The van der Waals surface area contributed by atoms with Gasteiger partial charge < -0.3 is 9.30 Å². The highest BCUT2D eigenvalue weighted by molar-refractivity contribution is 6.40. The standard InChI is InChI=1S/C15H12N2O3/c1-2-20-15(19)14(18)12-7-8-17(10-12)13-5-3-11(9-16)4-6-13/h3-8,10H,2H2,1H3. The third-order valence-electron chi connectivity index (χ3n) is 2.71. The molecule has 0 fully saturated rings. The Hall–Kier alpha value is -2.87. The van der Waals surface area contributed by atoms with Crippen molar-refractivity contribution in [3.05, 3.63) is 53.9 Å². The predicted molar refractivity (Wildman–Crippen MR) is 71.4 cm³/mol. The highest BCUT2D eigenvalue weighted by Crippen LogP contribution is 2.12. The molecule has 0 bridgehead atoms. The Morgan fingerprint density at radius 2 is 1.95 bits per heavy atom. The smallest absolute Gasteiger partial charge is 0.379 e. The second-order valence-electron chi connectivity index (χ2n) is 4.02. The number of Topliss-reactive ketones (excluding diaryl/α,β-unsaturated/α-hetero) is 1. The van der Waals surface area contributed by atoms with Gasteiger partial charge in [0, 0.05) is 23.6 Å². The molecule has 1 aromatic carbocycles. The molecule has 0 saturated heterocycles. The summed E-state index contributed by atoms with van der Waals surface area (Å²) in [6.07, 6.45) is 3.23. The molecule has 0 aliphatic heterocycles. The summed E-state index contributed by atoms with van der Waals surface area (Å²) in [5.41, 5.74) is 1.63. The molecule has 0 atom stereocenters. The van der Waals surface area contributed by atoms with Crippen LogP contribution in [-0.2, 0) is 9.53 Å². The van der Waals surface area contributed by atoms with Crippen molar-refractivity contribution in [1.82, 2.24) is 4.57 Å². The Kier molecular flexibility index (Phi) is 3.96. The Labute approximate surface area is 116 Å². The zero-order chi connectivity index (χ0) is 14.5. The second kappa shape index (κ2) is 5.85. The number of carbonyl (C=O) groups excluding carboxylic acids is 2. The Morgan fingerprint density at radius 1 is 1.25 bits per heavy atom. The SMILES string of the molecule is CCOC(=O)C(=O)c1ccn(-c2ccc(C#N)cc2)c1. The van der Waals surface area contributed by atoms with Crippen molar-refractivity contribution < 1.29 is 14.3 Å². The number of esters is 1. The van der Waals surface area contributed by atoms with E-state index in [1.54, 1.807) is 54.2 Å². The number of ether oxygens (including phenoxy) is 1. The summed E-state index contributed by atoms with van der Waals surface area (Å²) >= 11 is 0. The molecule has 1 aromatic heterocycles. The summed E-state index contributed by atoms with van der Waals surface area (Å²) in [5.74, 6) is -1.52. The van der Waals surface area contributed by atoms with Gasteiger partial charge in [-0.25, -0.2) is 4.79 Å². The van der Waals surface area contributed by atoms with E-state index in [4.69, 9.17) is 5.26 Å². The minimum atomic E-state index is -0.856. The molecular formula is C15H12N2O3. The van der Waals surface area contributed by atoms with E-state index in [0.717, 1.165) is 5.69 Å². The topological polar surface area (TPSA) is 72.1 Å². The molecule has 1 heterocycles. The maximum absolute atomic E-state index is 11.7. The first kappa shape index (κ1) is 13.6. The summed E-state index contributed by atoms with van der Waals surface area (Å²) in [4.78, 5) is 23.1. The molecule has 5 nitrogen and oxygen atoms in total. The van der Waals surface area contributed by atoms with Crippen LogP contribution in [0.3, 0.4) is 0 Å². The highest BCUT2D eigenvalue weighted by atomic mass is 16.5. The molecule has 2 aromatic rings. The number of hydrogen-bond acceptors (Lipinski definition) is 4. The van der Waals surface area contributed by atoms with Crippen LogP contribution < -0.4 is 0 Å². The third-order valence-corrected chi connectivity index (χ3v) is 2.71. The summed E-state index contributed by atoms with van der Waals surface area (Å²) < 4.78 is 6.37. The monoisotopic (exact) mass is 268 g/mol. The van der Waals surface area contributed by atoms with E-state index < -0.39 is 11.8 Å². The summed E-state index contributed by atoms with van der Waals surface area (Å²) in [6, 6.07) is 10.5. The predicted octanol–water partition coefficient (Wildman–Crippen LogP) is 2.09. The van der Waals surface area contributed by atoms with E-state index in [1.807, 2.05) is 6.07 Å². The number of ketones is 1. The first-order chi connectivity index (χ1) is 9.65. The van der Waals surface area contributed by atoms with Gasteiger partial charge in [0.25, 0.3) is 5.78 Å². The number of carbonyl (C=O) groups is 2. The summed E-state index contributed by atoms with van der Waals surface area (Å²) in [7, 11) is 0. The van der Waals surface area contributed by atoms with Gasteiger partial charge in [-0.2, -0.15) is 5.26 Å². The zero-order valence-electron chi connectivity index (χ0n) is 10.9. The number of nitriles is 1. The number of nitrogens with zero attached hydrogens (tertiary/aromatic N) is 2. The molecule has 2 rings (SSSR count). The lowest BCUT2D eigenvalue weighted by Crippen LogP contribution is -2.16. The van der Waals surface area contributed by atoms with Crippen molar-refractivity contribution in [2.24, 2.45) is 0 Å². The first-order valence-corrected chi connectivity index (χ1v) is 6.05. The van der Waals surface area contributed by atoms with Crippen molar-refractivity contribution >= 4 is 11.8 Å². The molecule has 0 spiro atoms. The normalized spacial score (nSPS) is 9.80. The van der Waals surface area contributed by atoms with Crippen LogP contribution in [0.15, 0.2) is 42.7 Å². The molecule has 0 aliphatic carbocycles. The van der Waals surface area contributed by atoms with Gasteiger partial charge in [0.1, 0.15) is 0 Å². The van der Waals surface area contributed by atoms with E-state index in [0.29, 0.717) is 5.56 Å². The first-order valence-electron chi connectivity index (χ1n) is 6.05. The Balaban J connectivity index is 2.22. The van der Waals surface area contributed by atoms with Crippen LogP contribution in [0.25, 0.3) is 5.69 Å². The van der Waals surface area contributed by atoms with Crippen molar-refractivity contribution in [3.8, 4) is 11.8 Å². The van der Waals surface area contributed by atoms with Crippen LogP contribution in [0.2, 0.25) is 0 Å². The van der Waals surface area contributed by atoms with Gasteiger partial charge in [0.05, 0.1) is 18.2 Å². The van der Waals surface area contributed by atoms with Crippen molar-refractivity contribution in [1.29, 1.82) is 5.26 Å². The quantitative estimate of drug-likeness (QED) is 0.483. The molecule has 0 saturated carbocycles. The van der Waals surface area contributed by atoms with E-state index >= 15 is 0 Å². The van der Waals surface area contributed by atoms with E-state index in [-0.39, 0.29) is 12.2 Å². The minimum Gasteiger partial charge on any atom is -0.460 e. The minimum absolute atomic E-state index is 0.168. The van der Waals surface area contributed by atoms with Gasteiger partial charge in [-0.15, -0.1) is 0 Å². The number of aromatic nitrogens is 1. The maximum Gasteiger partial charge on any atom is 0.379 e. The van der Waals surface area contributed by atoms with Gasteiger partial charge in [-0.05, 0) is 37.3 Å². The average Bonchev–Trinajstić information content (AvgIpc) is 2.96. The maximum atomic E-state index is 11.7. The zero-order valence-corrected chi connectivity index (χ0v) is 10.9. The second-order valence-corrected chi connectivity index (χ2v) is 4.02.